The number of ketones is 1. The summed E-state index contributed by atoms with van der Waals surface area (Å²) >= 11 is 11.9. The number of hydrogen-bond acceptors (Lipinski definition) is 4. The van der Waals surface area contributed by atoms with E-state index in [0.29, 0.717) is 21.2 Å². The first-order valence-corrected chi connectivity index (χ1v) is 7.51. The van der Waals surface area contributed by atoms with Crippen LogP contribution in [-0.4, -0.2) is 22.4 Å². The van der Waals surface area contributed by atoms with Crippen LogP contribution in [0.1, 0.15) is 28.3 Å². The van der Waals surface area contributed by atoms with Crippen LogP contribution in [0.4, 0.5) is 0 Å². The monoisotopic (exact) mass is 353 g/mol. The van der Waals surface area contributed by atoms with E-state index in [1.807, 2.05) is 0 Å². The minimum absolute atomic E-state index is 0.0455. The summed E-state index contributed by atoms with van der Waals surface area (Å²) in [7, 11) is 0. The maximum atomic E-state index is 12.3. The van der Waals surface area contributed by atoms with Crippen molar-refractivity contribution in [1.29, 1.82) is 0 Å². The number of phenols is 1. The van der Waals surface area contributed by atoms with Gasteiger partial charge in [0.05, 0.1) is 5.92 Å². The molecule has 0 saturated heterocycles. The number of rotatable bonds is 6. The van der Waals surface area contributed by atoms with Crippen LogP contribution in [0, 0.1) is 10.1 Å². The fraction of sp³-hybridized carbons (Fsp3) is 0.188. The molecule has 2 rings (SSSR count). The van der Waals surface area contributed by atoms with Crippen molar-refractivity contribution in [2.24, 2.45) is 0 Å². The number of nitro groups is 1. The van der Waals surface area contributed by atoms with Crippen LogP contribution in [0.15, 0.2) is 42.5 Å². The summed E-state index contributed by atoms with van der Waals surface area (Å²) in [5.74, 6) is -0.872. The molecule has 0 radical (unpaired) electrons. The van der Waals surface area contributed by atoms with Gasteiger partial charge in [0.25, 0.3) is 0 Å². The van der Waals surface area contributed by atoms with Crippen LogP contribution in [0.3, 0.4) is 0 Å². The first-order valence-electron chi connectivity index (χ1n) is 6.76. The molecule has 0 aliphatic rings. The molecule has 23 heavy (non-hydrogen) atoms. The van der Waals surface area contributed by atoms with Crippen LogP contribution < -0.4 is 0 Å². The Morgan fingerprint density at radius 1 is 1.17 bits per heavy atom. The fourth-order valence-corrected chi connectivity index (χ4v) is 2.84. The lowest BCUT2D eigenvalue weighted by Gasteiger charge is -2.14. The van der Waals surface area contributed by atoms with Crippen molar-refractivity contribution in [3.05, 3.63) is 73.8 Å². The van der Waals surface area contributed by atoms with Crippen LogP contribution in [0.2, 0.25) is 10.0 Å². The van der Waals surface area contributed by atoms with Crippen molar-refractivity contribution in [2.75, 3.05) is 6.54 Å². The zero-order valence-electron chi connectivity index (χ0n) is 11.9. The van der Waals surface area contributed by atoms with Crippen molar-refractivity contribution in [3.8, 4) is 5.75 Å². The highest BCUT2D eigenvalue weighted by atomic mass is 35.5. The lowest BCUT2D eigenvalue weighted by molar-refractivity contribution is -0.483. The van der Waals surface area contributed by atoms with Crippen molar-refractivity contribution >= 4 is 29.0 Å². The highest BCUT2D eigenvalue weighted by molar-refractivity contribution is 6.35. The van der Waals surface area contributed by atoms with Crippen molar-refractivity contribution < 1.29 is 14.8 Å². The van der Waals surface area contributed by atoms with E-state index in [1.54, 1.807) is 12.1 Å². The number of benzene rings is 2. The number of halogens is 2. The van der Waals surface area contributed by atoms with Gasteiger partial charge in [-0.3, -0.25) is 14.9 Å². The highest BCUT2D eigenvalue weighted by Gasteiger charge is 2.24. The third-order valence-electron chi connectivity index (χ3n) is 3.39. The number of carbonyl (C=O) groups excluding carboxylic acids is 1. The van der Waals surface area contributed by atoms with Gasteiger partial charge in [0, 0.05) is 27.0 Å². The molecular weight excluding hydrogens is 341 g/mol. The summed E-state index contributed by atoms with van der Waals surface area (Å²) in [6.45, 7) is -0.412. The first-order chi connectivity index (χ1) is 10.9. The summed E-state index contributed by atoms with van der Waals surface area (Å²) in [5, 5.41) is 20.9. The van der Waals surface area contributed by atoms with Gasteiger partial charge in [0.1, 0.15) is 5.75 Å². The van der Waals surface area contributed by atoms with Gasteiger partial charge in [-0.15, -0.1) is 0 Å². The van der Waals surface area contributed by atoms with Gasteiger partial charge in [-0.25, -0.2) is 0 Å². The third-order valence-corrected chi connectivity index (χ3v) is 3.96. The minimum Gasteiger partial charge on any atom is -0.508 e. The number of phenolic OH excluding ortho intramolecular Hbond substituents is 1. The lowest BCUT2D eigenvalue weighted by Crippen LogP contribution is -2.17. The van der Waals surface area contributed by atoms with Crippen LogP contribution >= 0.6 is 23.2 Å². The quantitative estimate of drug-likeness (QED) is 0.476. The van der Waals surface area contributed by atoms with E-state index in [4.69, 9.17) is 23.2 Å². The van der Waals surface area contributed by atoms with E-state index in [-0.39, 0.29) is 18.0 Å². The standard InChI is InChI=1S/C16H13Cl2NO4/c17-12-3-6-14(15(18)8-12)11(9-19(22)23)7-16(21)10-1-4-13(20)5-2-10/h1-6,8,11,20H,7,9H2. The fourth-order valence-electron chi connectivity index (χ4n) is 2.27. The Morgan fingerprint density at radius 3 is 2.39 bits per heavy atom. The zero-order chi connectivity index (χ0) is 17.0. The lowest BCUT2D eigenvalue weighted by atomic mass is 9.91. The maximum Gasteiger partial charge on any atom is 0.211 e. The van der Waals surface area contributed by atoms with Crippen molar-refractivity contribution in [1.82, 2.24) is 0 Å². The predicted molar refractivity (Wildman–Crippen MR) is 88.1 cm³/mol. The minimum atomic E-state index is -0.656. The van der Waals surface area contributed by atoms with Gasteiger partial charge in [0.15, 0.2) is 5.78 Å². The molecule has 0 aliphatic heterocycles. The third kappa shape index (κ3) is 4.68. The van der Waals surface area contributed by atoms with Crippen LogP contribution in [-0.2, 0) is 0 Å². The number of nitrogens with zero attached hydrogens (tertiary/aromatic N) is 1. The Hall–Kier alpha value is -2.11. The van der Waals surface area contributed by atoms with Gasteiger partial charge in [-0.05, 0) is 42.0 Å². The summed E-state index contributed by atoms with van der Waals surface area (Å²) in [6, 6.07) is 10.4. The molecule has 0 spiro atoms. The van der Waals surface area contributed by atoms with E-state index >= 15 is 0 Å². The molecule has 7 heteroatoms. The van der Waals surface area contributed by atoms with Gasteiger partial charge in [0.2, 0.25) is 6.54 Å². The van der Waals surface area contributed by atoms with E-state index < -0.39 is 17.4 Å². The second-order valence-corrected chi connectivity index (χ2v) is 5.90. The summed E-state index contributed by atoms with van der Waals surface area (Å²) in [5.41, 5.74) is 0.890. The Balaban J connectivity index is 2.26. The zero-order valence-corrected chi connectivity index (χ0v) is 13.4. The van der Waals surface area contributed by atoms with Gasteiger partial charge in [-0.1, -0.05) is 29.3 Å². The highest BCUT2D eigenvalue weighted by Crippen LogP contribution is 2.31. The molecule has 0 bridgehead atoms. The second kappa shape index (κ2) is 7.44. The molecule has 0 fully saturated rings. The molecule has 0 heterocycles. The van der Waals surface area contributed by atoms with Gasteiger partial charge >= 0.3 is 0 Å². The topological polar surface area (TPSA) is 80.4 Å². The number of aromatic hydroxyl groups is 1. The molecule has 5 nitrogen and oxygen atoms in total. The van der Waals surface area contributed by atoms with Crippen molar-refractivity contribution in [3.63, 3.8) is 0 Å². The SMILES string of the molecule is O=C(CC(C[N+](=O)[O-])c1ccc(Cl)cc1Cl)c1ccc(O)cc1. The largest absolute Gasteiger partial charge is 0.508 e. The van der Waals surface area contributed by atoms with Gasteiger partial charge < -0.3 is 5.11 Å². The van der Waals surface area contributed by atoms with E-state index in [2.05, 4.69) is 0 Å². The molecular formula is C16H13Cl2NO4. The normalized spacial score (nSPS) is 11.9. The molecule has 2 aromatic carbocycles. The van der Waals surface area contributed by atoms with E-state index in [0.717, 1.165) is 0 Å². The summed E-state index contributed by atoms with van der Waals surface area (Å²) in [4.78, 5) is 22.8. The average Bonchev–Trinajstić information content (AvgIpc) is 2.46. The van der Waals surface area contributed by atoms with Crippen LogP contribution in [0.25, 0.3) is 0 Å². The summed E-state index contributed by atoms with van der Waals surface area (Å²) in [6.07, 6.45) is -0.0624. The summed E-state index contributed by atoms with van der Waals surface area (Å²) < 4.78 is 0. The maximum absolute atomic E-state index is 12.3. The Labute approximate surface area is 142 Å². The smallest absolute Gasteiger partial charge is 0.211 e. The Kier molecular flexibility index (Phi) is 5.58. The molecule has 0 saturated carbocycles. The molecule has 0 aromatic heterocycles. The van der Waals surface area contributed by atoms with Gasteiger partial charge in [-0.2, -0.15) is 0 Å². The van der Waals surface area contributed by atoms with E-state index in [1.165, 1.54) is 30.3 Å². The predicted octanol–water partition coefficient (Wildman–Crippen LogP) is 4.33. The molecule has 1 N–H and O–H groups in total. The first kappa shape index (κ1) is 17.2. The number of carbonyl (C=O) groups is 1. The Morgan fingerprint density at radius 2 is 1.83 bits per heavy atom. The molecule has 1 atom stereocenters. The second-order valence-electron chi connectivity index (χ2n) is 5.05. The van der Waals surface area contributed by atoms with Crippen molar-refractivity contribution in [2.45, 2.75) is 12.3 Å². The Bertz CT molecular complexity index is 731. The number of hydrogen-bond donors (Lipinski definition) is 1. The van der Waals surface area contributed by atoms with E-state index in [9.17, 15) is 20.0 Å². The molecule has 0 aliphatic carbocycles. The van der Waals surface area contributed by atoms with Crippen LogP contribution in [0.5, 0.6) is 5.75 Å². The molecule has 2 aromatic rings. The molecule has 0 amide bonds. The average molecular weight is 354 g/mol. The molecule has 120 valence electrons. The number of Topliss-reactive ketones (excluding diaryl/α,β-unsaturated/α-hetero) is 1. The molecule has 1 unspecified atom stereocenters.